The summed E-state index contributed by atoms with van der Waals surface area (Å²) in [6.45, 7) is 2.08. The second-order valence-corrected chi connectivity index (χ2v) is 4.60. The molecule has 0 aliphatic carbocycles. The maximum Gasteiger partial charge on any atom is 0.239 e. The van der Waals surface area contributed by atoms with Crippen LogP contribution >= 0.6 is 0 Å². The van der Waals surface area contributed by atoms with Crippen LogP contribution in [0.2, 0.25) is 0 Å². The van der Waals surface area contributed by atoms with Gasteiger partial charge in [0.05, 0.1) is 12.7 Å². The largest absolute Gasteiger partial charge is 0.341 e. The molecule has 2 aliphatic heterocycles. The fraction of sp³-hybridized carbons (Fsp3) is 0.909. The van der Waals surface area contributed by atoms with Gasteiger partial charge < -0.3 is 10.2 Å². The normalized spacial score (nSPS) is 31.9. The molecule has 86 valence electrons. The summed E-state index contributed by atoms with van der Waals surface area (Å²) in [7, 11) is 0. The number of carbonyl (C=O) groups excluding carboxylic acids is 1. The van der Waals surface area contributed by atoms with E-state index < -0.39 is 0 Å². The van der Waals surface area contributed by atoms with Crippen molar-refractivity contribution in [3.05, 3.63) is 0 Å². The molecule has 4 heteroatoms. The Morgan fingerprint density at radius 1 is 1.40 bits per heavy atom. The number of nitrogens with zero attached hydrogens (tertiary/aromatic N) is 1. The van der Waals surface area contributed by atoms with Gasteiger partial charge in [0.2, 0.25) is 5.91 Å². The van der Waals surface area contributed by atoms with Crippen molar-refractivity contribution in [1.29, 1.82) is 0 Å². The molecule has 1 N–H and O–H groups in total. The second kappa shape index (κ2) is 4.92. The first-order valence-corrected chi connectivity index (χ1v) is 5.89. The van der Waals surface area contributed by atoms with Crippen LogP contribution in [-0.2, 0) is 4.79 Å². The fourth-order valence-electron chi connectivity index (χ4n) is 2.51. The zero-order valence-electron chi connectivity index (χ0n) is 9.04. The zero-order valence-corrected chi connectivity index (χ0v) is 9.04. The molecule has 0 aromatic rings. The number of hydrogen-bond acceptors (Lipinski definition) is 2. The third-order valence-corrected chi connectivity index (χ3v) is 3.41. The standard InChI is InChI=1S/C11H19FN2O/c12-7-9-3-2-6-14(8-9)11(15)10-4-1-5-13-10/h9-10,13H,1-8H2. The molecular weight excluding hydrogens is 195 g/mol. The molecule has 2 saturated heterocycles. The van der Waals surface area contributed by atoms with Gasteiger partial charge in [-0.3, -0.25) is 9.18 Å². The first-order valence-electron chi connectivity index (χ1n) is 5.89. The molecule has 2 rings (SSSR count). The first-order chi connectivity index (χ1) is 7.31. The molecule has 0 saturated carbocycles. The molecule has 0 aromatic carbocycles. The number of carbonyl (C=O) groups is 1. The lowest BCUT2D eigenvalue weighted by atomic mass is 9.98. The Hall–Kier alpha value is -0.640. The highest BCUT2D eigenvalue weighted by atomic mass is 19.1. The number of likely N-dealkylation sites (tertiary alicyclic amines) is 1. The van der Waals surface area contributed by atoms with E-state index >= 15 is 0 Å². The summed E-state index contributed by atoms with van der Waals surface area (Å²) >= 11 is 0. The summed E-state index contributed by atoms with van der Waals surface area (Å²) < 4.78 is 12.5. The van der Waals surface area contributed by atoms with Crippen LogP contribution in [-0.4, -0.2) is 43.2 Å². The highest BCUT2D eigenvalue weighted by Crippen LogP contribution is 2.19. The maximum atomic E-state index is 12.5. The molecular formula is C11H19FN2O. The van der Waals surface area contributed by atoms with Crippen molar-refractivity contribution < 1.29 is 9.18 Å². The Morgan fingerprint density at radius 2 is 2.27 bits per heavy atom. The van der Waals surface area contributed by atoms with Gasteiger partial charge in [0.25, 0.3) is 0 Å². The average molecular weight is 214 g/mol. The summed E-state index contributed by atoms with van der Waals surface area (Å²) in [6.07, 6.45) is 3.90. The topological polar surface area (TPSA) is 32.3 Å². The van der Waals surface area contributed by atoms with Gasteiger partial charge in [-0.2, -0.15) is 0 Å². The van der Waals surface area contributed by atoms with E-state index in [0.717, 1.165) is 38.8 Å². The molecule has 1 amide bonds. The van der Waals surface area contributed by atoms with Crippen LogP contribution in [0, 0.1) is 5.92 Å². The van der Waals surface area contributed by atoms with Crippen LogP contribution in [0.25, 0.3) is 0 Å². The number of piperidine rings is 1. The van der Waals surface area contributed by atoms with Crippen LogP contribution in [0.4, 0.5) is 4.39 Å². The van der Waals surface area contributed by atoms with Crippen LogP contribution < -0.4 is 5.32 Å². The third-order valence-electron chi connectivity index (χ3n) is 3.41. The molecule has 2 aliphatic rings. The van der Waals surface area contributed by atoms with Crippen LogP contribution in [0.15, 0.2) is 0 Å². The first kappa shape index (κ1) is 10.9. The summed E-state index contributed by atoms with van der Waals surface area (Å²) in [5.74, 6) is 0.259. The van der Waals surface area contributed by atoms with Gasteiger partial charge in [-0.25, -0.2) is 0 Å². The Bertz CT molecular complexity index is 229. The van der Waals surface area contributed by atoms with E-state index in [-0.39, 0.29) is 24.5 Å². The number of hydrogen-bond donors (Lipinski definition) is 1. The number of alkyl halides is 1. The number of rotatable bonds is 2. The van der Waals surface area contributed by atoms with Gasteiger partial charge in [0.1, 0.15) is 0 Å². The predicted octanol–water partition coefficient (Wildman–Crippen LogP) is 0.946. The van der Waals surface area contributed by atoms with Crippen molar-refractivity contribution in [1.82, 2.24) is 10.2 Å². The highest BCUT2D eigenvalue weighted by molar-refractivity contribution is 5.82. The van der Waals surface area contributed by atoms with Gasteiger partial charge in [-0.15, -0.1) is 0 Å². The van der Waals surface area contributed by atoms with Crippen molar-refractivity contribution in [2.24, 2.45) is 5.92 Å². The Kier molecular flexibility index (Phi) is 3.57. The minimum absolute atomic E-state index is 0.00311. The van der Waals surface area contributed by atoms with Crippen molar-refractivity contribution >= 4 is 5.91 Å². The lowest BCUT2D eigenvalue weighted by Crippen LogP contribution is -2.48. The SMILES string of the molecule is O=C(C1CCCN1)N1CCCC(CF)C1. The van der Waals surface area contributed by atoms with E-state index in [1.165, 1.54) is 0 Å². The zero-order chi connectivity index (χ0) is 10.7. The summed E-state index contributed by atoms with van der Waals surface area (Å²) in [6, 6.07) is 0.00311. The van der Waals surface area contributed by atoms with Crippen molar-refractivity contribution in [3.8, 4) is 0 Å². The molecule has 0 radical (unpaired) electrons. The highest BCUT2D eigenvalue weighted by Gasteiger charge is 2.30. The number of amides is 1. The van der Waals surface area contributed by atoms with E-state index in [1.54, 1.807) is 0 Å². The monoisotopic (exact) mass is 214 g/mol. The van der Waals surface area contributed by atoms with E-state index in [0.29, 0.717) is 6.54 Å². The predicted molar refractivity (Wildman–Crippen MR) is 56.3 cm³/mol. The second-order valence-electron chi connectivity index (χ2n) is 4.60. The minimum Gasteiger partial charge on any atom is -0.341 e. The van der Waals surface area contributed by atoms with E-state index in [4.69, 9.17) is 0 Å². The molecule has 0 aromatic heterocycles. The summed E-state index contributed by atoms with van der Waals surface area (Å²) in [4.78, 5) is 13.8. The van der Waals surface area contributed by atoms with Gasteiger partial charge in [0, 0.05) is 19.0 Å². The van der Waals surface area contributed by atoms with Gasteiger partial charge in [-0.05, 0) is 32.2 Å². The molecule has 2 fully saturated rings. The summed E-state index contributed by atoms with van der Waals surface area (Å²) in [5, 5.41) is 3.20. The number of halogens is 1. The maximum absolute atomic E-state index is 12.5. The Balaban J connectivity index is 1.88. The van der Waals surface area contributed by atoms with Crippen LogP contribution in [0.3, 0.4) is 0 Å². The molecule has 2 unspecified atom stereocenters. The minimum atomic E-state index is -0.290. The molecule has 3 nitrogen and oxygen atoms in total. The lowest BCUT2D eigenvalue weighted by molar-refractivity contribution is -0.135. The third kappa shape index (κ3) is 2.48. The van der Waals surface area contributed by atoms with Crippen molar-refractivity contribution in [2.75, 3.05) is 26.3 Å². The lowest BCUT2D eigenvalue weighted by Gasteiger charge is -2.33. The molecule has 2 heterocycles. The van der Waals surface area contributed by atoms with Gasteiger partial charge in [-0.1, -0.05) is 0 Å². The van der Waals surface area contributed by atoms with E-state index in [1.807, 2.05) is 4.90 Å². The Labute approximate surface area is 90.0 Å². The van der Waals surface area contributed by atoms with Crippen LogP contribution in [0.1, 0.15) is 25.7 Å². The average Bonchev–Trinajstić information content (AvgIpc) is 2.81. The van der Waals surface area contributed by atoms with E-state index in [9.17, 15) is 9.18 Å². The molecule has 2 atom stereocenters. The molecule has 15 heavy (non-hydrogen) atoms. The fourth-order valence-corrected chi connectivity index (χ4v) is 2.51. The van der Waals surface area contributed by atoms with Crippen molar-refractivity contribution in [3.63, 3.8) is 0 Å². The van der Waals surface area contributed by atoms with Gasteiger partial charge in [0.15, 0.2) is 0 Å². The smallest absolute Gasteiger partial charge is 0.239 e. The summed E-state index contributed by atoms with van der Waals surface area (Å²) in [5.41, 5.74) is 0. The molecule has 0 bridgehead atoms. The Morgan fingerprint density at radius 3 is 2.93 bits per heavy atom. The van der Waals surface area contributed by atoms with Crippen LogP contribution in [0.5, 0.6) is 0 Å². The quantitative estimate of drug-likeness (QED) is 0.742. The number of nitrogens with one attached hydrogen (secondary N) is 1. The van der Waals surface area contributed by atoms with Crippen molar-refractivity contribution in [2.45, 2.75) is 31.7 Å². The van der Waals surface area contributed by atoms with Gasteiger partial charge >= 0.3 is 0 Å². The van der Waals surface area contributed by atoms with E-state index in [2.05, 4.69) is 5.32 Å². The molecule has 0 spiro atoms.